The number of halogens is 1. The highest BCUT2D eigenvalue weighted by atomic mass is 35.5. The first-order valence-corrected chi connectivity index (χ1v) is 6.63. The Hall–Kier alpha value is -2.07. The average molecular weight is 291 g/mol. The number of hydrogen-bond donors (Lipinski definition) is 1. The Morgan fingerprint density at radius 1 is 1.35 bits per heavy atom. The van der Waals surface area contributed by atoms with Gasteiger partial charge in [-0.1, -0.05) is 17.7 Å². The number of aryl methyl sites for hydroxylation is 1. The van der Waals surface area contributed by atoms with E-state index in [0.29, 0.717) is 22.9 Å². The number of pyridine rings is 1. The van der Waals surface area contributed by atoms with E-state index in [1.807, 2.05) is 13.8 Å². The first-order chi connectivity index (χ1) is 9.52. The molecule has 0 atom stereocenters. The zero-order valence-corrected chi connectivity index (χ0v) is 12.1. The Kier molecular flexibility index (Phi) is 4.25. The van der Waals surface area contributed by atoms with Gasteiger partial charge in [-0.15, -0.1) is 0 Å². The summed E-state index contributed by atoms with van der Waals surface area (Å²) in [5.74, 6) is -0.0450. The van der Waals surface area contributed by atoms with Crippen LogP contribution < -0.4 is 4.90 Å². The maximum Gasteiger partial charge on any atom is 0.259 e. The topological polar surface area (TPSA) is 53.4 Å². The highest BCUT2D eigenvalue weighted by molar-refractivity contribution is 6.29. The molecule has 1 aromatic heterocycles. The lowest BCUT2D eigenvalue weighted by Crippen LogP contribution is -2.31. The van der Waals surface area contributed by atoms with Crippen molar-refractivity contribution >= 4 is 23.2 Å². The number of nitrogens with zero attached hydrogens (tertiary/aromatic N) is 2. The summed E-state index contributed by atoms with van der Waals surface area (Å²) in [6.07, 6.45) is 1.45. The van der Waals surface area contributed by atoms with Crippen molar-refractivity contribution in [1.82, 2.24) is 4.98 Å². The van der Waals surface area contributed by atoms with Gasteiger partial charge >= 0.3 is 0 Å². The summed E-state index contributed by atoms with van der Waals surface area (Å²) in [7, 11) is 0. The van der Waals surface area contributed by atoms with Crippen molar-refractivity contribution < 1.29 is 9.90 Å². The van der Waals surface area contributed by atoms with Crippen LogP contribution in [0.15, 0.2) is 36.5 Å². The van der Waals surface area contributed by atoms with Crippen molar-refractivity contribution in [2.75, 3.05) is 11.4 Å². The molecule has 104 valence electrons. The molecule has 0 unspecified atom stereocenters. The molecule has 1 heterocycles. The third-order valence-corrected chi connectivity index (χ3v) is 3.24. The fraction of sp³-hybridized carbons (Fsp3) is 0.200. The second-order valence-electron chi connectivity index (χ2n) is 4.39. The zero-order valence-electron chi connectivity index (χ0n) is 11.3. The molecule has 2 rings (SSSR count). The van der Waals surface area contributed by atoms with Gasteiger partial charge in [-0.3, -0.25) is 4.79 Å². The number of carbonyl (C=O) groups excluding carboxylic acids is 1. The summed E-state index contributed by atoms with van der Waals surface area (Å²) in [5, 5.41) is 9.95. The lowest BCUT2D eigenvalue weighted by molar-refractivity contribution is 0.0988. The zero-order chi connectivity index (χ0) is 14.7. The van der Waals surface area contributed by atoms with Crippen LogP contribution in [0.2, 0.25) is 5.15 Å². The maximum absolute atomic E-state index is 12.5. The summed E-state index contributed by atoms with van der Waals surface area (Å²) in [5.41, 5.74) is 2.06. The number of anilines is 1. The van der Waals surface area contributed by atoms with E-state index in [2.05, 4.69) is 4.98 Å². The van der Waals surface area contributed by atoms with Gasteiger partial charge in [0.2, 0.25) is 0 Å². The van der Waals surface area contributed by atoms with E-state index in [1.165, 1.54) is 6.20 Å². The van der Waals surface area contributed by atoms with Crippen molar-refractivity contribution in [2.24, 2.45) is 0 Å². The molecule has 0 aliphatic heterocycles. The summed E-state index contributed by atoms with van der Waals surface area (Å²) >= 11 is 5.72. The monoisotopic (exact) mass is 290 g/mol. The predicted octanol–water partition coefficient (Wildman–Crippen LogP) is 3.42. The van der Waals surface area contributed by atoms with Crippen LogP contribution in [-0.4, -0.2) is 22.5 Å². The first-order valence-electron chi connectivity index (χ1n) is 6.26. The van der Waals surface area contributed by atoms with E-state index in [9.17, 15) is 9.90 Å². The molecular formula is C15H15ClN2O2. The van der Waals surface area contributed by atoms with Gasteiger partial charge in [-0.25, -0.2) is 4.98 Å². The van der Waals surface area contributed by atoms with E-state index in [1.54, 1.807) is 35.2 Å². The molecule has 0 radical (unpaired) electrons. The highest BCUT2D eigenvalue weighted by Gasteiger charge is 2.18. The summed E-state index contributed by atoms with van der Waals surface area (Å²) in [4.78, 5) is 18.0. The van der Waals surface area contributed by atoms with Gasteiger partial charge in [0.1, 0.15) is 10.9 Å². The van der Waals surface area contributed by atoms with Crippen molar-refractivity contribution in [3.05, 3.63) is 52.8 Å². The molecule has 0 aliphatic rings. The summed E-state index contributed by atoms with van der Waals surface area (Å²) in [6.45, 7) is 4.27. The number of phenolic OH excluding ortho intramolecular Hbond substituents is 1. The molecule has 2 aromatic rings. The Labute approximate surface area is 122 Å². The minimum absolute atomic E-state index is 0.131. The number of benzene rings is 1. The Morgan fingerprint density at radius 2 is 2.10 bits per heavy atom. The summed E-state index contributed by atoms with van der Waals surface area (Å²) < 4.78 is 0. The second kappa shape index (κ2) is 5.92. The van der Waals surface area contributed by atoms with Crippen LogP contribution in [0.25, 0.3) is 0 Å². The first kappa shape index (κ1) is 14.3. The van der Waals surface area contributed by atoms with Crippen LogP contribution in [0.4, 0.5) is 5.69 Å². The van der Waals surface area contributed by atoms with E-state index < -0.39 is 0 Å². The van der Waals surface area contributed by atoms with Gasteiger partial charge in [-0.05, 0) is 37.6 Å². The van der Waals surface area contributed by atoms with E-state index in [-0.39, 0.29) is 11.7 Å². The maximum atomic E-state index is 12.5. The van der Waals surface area contributed by atoms with Crippen molar-refractivity contribution in [1.29, 1.82) is 0 Å². The quantitative estimate of drug-likeness (QED) is 0.881. The molecule has 0 spiro atoms. The Bertz CT molecular complexity index is 626. The fourth-order valence-electron chi connectivity index (χ4n) is 1.97. The van der Waals surface area contributed by atoms with E-state index in [0.717, 1.165) is 5.56 Å². The third kappa shape index (κ3) is 2.91. The van der Waals surface area contributed by atoms with Crippen molar-refractivity contribution in [3.63, 3.8) is 0 Å². The molecule has 0 saturated heterocycles. The van der Waals surface area contributed by atoms with Gasteiger partial charge in [0.05, 0.1) is 11.3 Å². The van der Waals surface area contributed by atoms with Crippen molar-refractivity contribution in [2.45, 2.75) is 13.8 Å². The molecule has 0 saturated carbocycles. The minimum atomic E-state index is -0.176. The van der Waals surface area contributed by atoms with Gasteiger partial charge in [-0.2, -0.15) is 0 Å². The number of amides is 1. The third-order valence-electron chi connectivity index (χ3n) is 3.02. The lowest BCUT2D eigenvalue weighted by atomic mass is 10.1. The van der Waals surface area contributed by atoms with Crippen LogP contribution in [0.3, 0.4) is 0 Å². The van der Waals surface area contributed by atoms with Gasteiger partial charge in [0.25, 0.3) is 5.91 Å². The van der Waals surface area contributed by atoms with Gasteiger partial charge < -0.3 is 10.0 Å². The number of rotatable bonds is 3. The molecule has 0 bridgehead atoms. The van der Waals surface area contributed by atoms with E-state index in [4.69, 9.17) is 11.6 Å². The average Bonchev–Trinajstić information content (AvgIpc) is 2.44. The van der Waals surface area contributed by atoms with Crippen LogP contribution >= 0.6 is 11.6 Å². The molecule has 5 heteroatoms. The smallest absolute Gasteiger partial charge is 0.259 e. The van der Waals surface area contributed by atoms with Gasteiger partial charge in [0, 0.05) is 18.8 Å². The standard InChI is InChI=1S/C15H15ClN2O2/c1-3-18(13-8-12(19)6-4-10(13)2)15(20)11-5-7-14(16)17-9-11/h4-9,19H,3H2,1-2H3. The van der Waals surface area contributed by atoms with Crippen LogP contribution in [0.5, 0.6) is 5.75 Å². The number of aromatic nitrogens is 1. The Morgan fingerprint density at radius 3 is 2.70 bits per heavy atom. The molecule has 1 amide bonds. The van der Waals surface area contributed by atoms with Crippen molar-refractivity contribution in [3.8, 4) is 5.75 Å². The SMILES string of the molecule is CCN(C(=O)c1ccc(Cl)nc1)c1cc(O)ccc1C. The van der Waals surface area contributed by atoms with E-state index >= 15 is 0 Å². The highest BCUT2D eigenvalue weighted by Crippen LogP contribution is 2.26. The predicted molar refractivity (Wildman–Crippen MR) is 79.4 cm³/mol. The molecular weight excluding hydrogens is 276 g/mol. The van der Waals surface area contributed by atoms with Crippen LogP contribution in [0, 0.1) is 6.92 Å². The largest absolute Gasteiger partial charge is 0.508 e. The van der Waals surface area contributed by atoms with Crippen LogP contribution in [0.1, 0.15) is 22.8 Å². The number of carbonyl (C=O) groups is 1. The van der Waals surface area contributed by atoms with Gasteiger partial charge in [0.15, 0.2) is 0 Å². The fourth-order valence-corrected chi connectivity index (χ4v) is 2.08. The number of phenols is 1. The van der Waals surface area contributed by atoms with Crippen LogP contribution in [-0.2, 0) is 0 Å². The number of hydrogen-bond acceptors (Lipinski definition) is 3. The molecule has 0 aliphatic carbocycles. The summed E-state index contributed by atoms with van der Waals surface area (Å²) in [6, 6.07) is 8.18. The molecule has 0 fully saturated rings. The Balaban J connectivity index is 2.39. The molecule has 1 N–H and O–H groups in total. The number of aromatic hydroxyl groups is 1. The molecule has 1 aromatic carbocycles. The lowest BCUT2D eigenvalue weighted by Gasteiger charge is -2.23. The molecule has 4 nitrogen and oxygen atoms in total. The normalized spacial score (nSPS) is 10.3. The minimum Gasteiger partial charge on any atom is -0.508 e. The second-order valence-corrected chi connectivity index (χ2v) is 4.78. The molecule has 20 heavy (non-hydrogen) atoms.